The average molecular weight is 764 g/mol. The number of benzene rings is 5. The molecule has 0 aliphatic heterocycles. The van der Waals surface area contributed by atoms with Crippen molar-refractivity contribution in [1.82, 2.24) is 0 Å². The van der Waals surface area contributed by atoms with Crippen molar-refractivity contribution in [2.45, 2.75) is 0 Å². The first-order chi connectivity index (χ1) is 21.7. The number of para-hydroxylation sites is 4. The molecular formula is C34H29BBr2F4O5-. The van der Waals surface area contributed by atoms with Crippen molar-refractivity contribution in [1.29, 1.82) is 0 Å². The maximum absolute atomic E-state index is 14.7. The number of halogens is 6. The molecular weight excluding hydrogens is 735 g/mol. The van der Waals surface area contributed by atoms with E-state index in [0.717, 1.165) is 24.3 Å². The van der Waals surface area contributed by atoms with E-state index in [1.807, 2.05) is 6.07 Å². The van der Waals surface area contributed by atoms with Gasteiger partial charge in [0.1, 0.15) is 40.5 Å². The Morgan fingerprint density at radius 1 is 0.500 bits per heavy atom. The zero-order chi connectivity index (χ0) is 32.9. The van der Waals surface area contributed by atoms with E-state index in [2.05, 4.69) is 31.9 Å². The summed E-state index contributed by atoms with van der Waals surface area (Å²) in [6, 6.07) is 25.3. The molecule has 0 aromatic heterocycles. The lowest BCUT2D eigenvalue weighted by molar-refractivity contribution is 0.381. The second-order valence-electron chi connectivity index (χ2n) is 8.71. The van der Waals surface area contributed by atoms with Crippen LogP contribution in [0.15, 0.2) is 106 Å². The largest absolute Gasteiger partial charge is 0.569 e. The van der Waals surface area contributed by atoms with E-state index in [1.54, 1.807) is 73.8 Å². The molecule has 241 valence electrons. The third-order valence-electron chi connectivity index (χ3n) is 6.09. The number of methoxy groups -OCH3 is 3. The molecule has 1 N–H and O–H groups in total. The Hall–Kier alpha value is -4.00. The van der Waals surface area contributed by atoms with E-state index < -0.39 is 23.3 Å². The minimum absolute atomic E-state index is 0. The maximum atomic E-state index is 14.7. The van der Waals surface area contributed by atoms with Crippen molar-refractivity contribution in [3.63, 3.8) is 0 Å². The minimum atomic E-state index is -0.526. The van der Waals surface area contributed by atoms with Gasteiger partial charge < -0.3 is 31.3 Å². The molecule has 0 saturated heterocycles. The van der Waals surface area contributed by atoms with Crippen molar-refractivity contribution in [2.75, 3.05) is 21.3 Å². The molecule has 5 rings (SSSR count). The van der Waals surface area contributed by atoms with Crippen molar-refractivity contribution < 1.29 is 41.5 Å². The molecule has 0 bridgehead atoms. The number of ether oxygens (including phenoxy) is 3. The lowest BCUT2D eigenvalue weighted by Gasteiger charge is -2.17. The van der Waals surface area contributed by atoms with Crippen LogP contribution in [0.5, 0.6) is 23.0 Å². The third kappa shape index (κ3) is 9.51. The van der Waals surface area contributed by atoms with Crippen molar-refractivity contribution in [2.24, 2.45) is 0 Å². The van der Waals surface area contributed by atoms with Gasteiger partial charge in [-0.1, -0.05) is 48.5 Å². The summed E-state index contributed by atoms with van der Waals surface area (Å²) < 4.78 is 75.0. The van der Waals surface area contributed by atoms with Crippen LogP contribution < -0.4 is 18.9 Å². The smallest absolute Gasteiger partial charge is 0.535 e. The van der Waals surface area contributed by atoms with Crippen LogP contribution >= 0.6 is 31.9 Å². The molecule has 12 heteroatoms. The van der Waals surface area contributed by atoms with E-state index in [0.29, 0.717) is 41.8 Å². The molecule has 5 aromatic rings. The summed E-state index contributed by atoms with van der Waals surface area (Å²) in [6.45, 7) is 0. The molecule has 5 aromatic carbocycles. The molecule has 5 nitrogen and oxygen atoms in total. The zero-order valence-corrected chi connectivity index (χ0v) is 28.3. The molecule has 0 atom stereocenters. The van der Waals surface area contributed by atoms with Crippen LogP contribution in [-0.2, 0) is 0 Å². The Morgan fingerprint density at radius 2 is 0.826 bits per heavy atom. The number of rotatable bonds is 7. The Labute approximate surface area is 283 Å². The van der Waals surface area contributed by atoms with Gasteiger partial charge in [0.15, 0.2) is 5.75 Å². The monoisotopic (exact) mass is 762 g/mol. The maximum Gasteiger partial charge on any atom is 0.569 e. The van der Waals surface area contributed by atoms with E-state index in [9.17, 15) is 17.6 Å². The average Bonchev–Trinajstić information content (AvgIpc) is 3.07. The van der Waals surface area contributed by atoms with Gasteiger partial charge in [-0.3, -0.25) is 0 Å². The normalized spacial score (nSPS) is 9.78. The fourth-order valence-electron chi connectivity index (χ4n) is 4.06. The fraction of sp³-hybridized carbons (Fsp3) is 0.0882. The summed E-state index contributed by atoms with van der Waals surface area (Å²) >= 11 is 5.74. The van der Waals surface area contributed by atoms with E-state index in [1.165, 1.54) is 14.2 Å². The van der Waals surface area contributed by atoms with Crippen LogP contribution in [0, 0.1) is 30.7 Å². The molecule has 0 fully saturated rings. The third-order valence-corrected chi connectivity index (χ3v) is 8.18. The van der Waals surface area contributed by atoms with Crippen LogP contribution in [-0.4, -0.2) is 34.0 Å². The predicted molar refractivity (Wildman–Crippen MR) is 180 cm³/mol. The van der Waals surface area contributed by atoms with Crippen LogP contribution in [0.4, 0.5) is 17.6 Å². The van der Waals surface area contributed by atoms with Gasteiger partial charge in [0.25, 0.3) is 0 Å². The predicted octanol–water partition coefficient (Wildman–Crippen LogP) is 9.86. The second kappa shape index (κ2) is 18.8. The quantitative estimate of drug-likeness (QED) is 0.0589. The van der Waals surface area contributed by atoms with Gasteiger partial charge >= 0.3 is 7.69 Å². The van der Waals surface area contributed by atoms with Crippen molar-refractivity contribution in [3.05, 3.63) is 137 Å². The highest BCUT2D eigenvalue weighted by molar-refractivity contribution is 9.13. The van der Waals surface area contributed by atoms with Gasteiger partial charge in [-0.15, -0.1) is 0 Å². The molecule has 0 amide bonds. The molecule has 46 heavy (non-hydrogen) atoms. The first-order valence-electron chi connectivity index (χ1n) is 13.0. The zero-order valence-electron chi connectivity index (χ0n) is 25.2. The lowest BCUT2D eigenvalue weighted by atomic mass is 9.92. The first kappa shape index (κ1) is 38.2. The Morgan fingerprint density at radius 3 is 1.20 bits per heavy atom. The number of hydrogen-bond donors (Lipinski definition) is 1. The summed E-state index contributed by atoms with van der Waals surface area (Å²) in [6.07, 6.45) is 0. The summed E-state index contributed by atoms with van der Waals surface area (Å²) in [5.74, 6) is 0.0248. The van der Waals surface area contributed by atoms with Crippen molar-refractivity contribution in [3.8, 4) is 45.3 Å². The van der Waals surface area contributed by atoms with Crippen LogP contribution in [0.25, 0.3) is 22.3 Å². The van der Waals surface area contributed by atoms with Gasteiger partial charge in [0.05, 0.1) is 30.3 Å². The highest BCUT2D eigenvalue weighted by atomic mass is 79.9. The fourth-order valence-corrected chi connectivity index (χ4v) is 4.70. The van der Waals surface area contributed by atoms with Crippen LogP contribution in [0.3, 0.4) is 0 Å². The van der Waals surface area contributed by atoms with Gasteiger partial charge in [-0.25, -0.2) is 17.6 Å². The van der Waals surface area contributed by atoms with Gasteiger partial charge in [-0.05, 0) is 80.4 Å². The molecule has 0 aliphatic carbocycles. The highest BCUT2D eigenvalue weighted by Crippen LogP contribution is 2.43. The summed E-state index contributed by atoms with van der Waals surface area (Å²) in [4.78, 5) is 0. The summed E-state index contributed by atoms with van der Waals surface area (Å²) in [5.41, 5.74) is 1.27. The molecule has 0 unspecified atom stereocenters. The van der Waals surface area contributed by atoms with Crippen LogP contribution in [0.2, 0.25) is 0 Å². The molecule has 1 radical (unpaired) electrons. The first-order valence-corrected chi connectivity index (χ1v) is 14.6. The topological polar surface area (TPSA) is 57.2 Å². The Kier molecular flexibility index (Phi) is 15.6. The summed E-state index contributed by atoms with van der Waals surface area (Å²) in [7, 11) is 5.16. The standard InChI is InChI=1S/C20H16F2O2.C7H8BO3.C6H2Br2F2.CH3/c1-23-17-9-5-3-7-13(17)19-15(21)11-12-16(22)20(19)14-8-4-6-10-18(14)24-2;1-10-6-4-2-3-5-7(6)11-8-9;7-5-3(9)1-2-4(10)6(5)8;/h3-12H,1-2H3;2-5,9H,1H3;1-2H;1H3/q;;;-1. The molecule has 0 spiro atoms. The Balaban J connectivity index is 0.000000278. The molecule has 0 heterocycles. The van der Waals surface area contributed by atoms with Gasteiger partial charge in [0, 0.05) is 22.3 Å². The summed E-state index contributed by atoms with van der Waals surface area (Å²) in [5, 5.41) is 8.34. The van der Waals surface area contributed by atoms with Gasteiger partial charge in [0.2, 0.25) is 0 Å². The van der Waals surface area contributed by atoms with Crippen LogP contribution in [0.1, 0.15) is 0 Å². The van der Waals surface area contributed by atoms with E-state index in [-0.39, 0.29) is 27.5 Å². The lowest BCUT2D eigenvalue weighted by Crippen LogP contribution is -2.01. The molecule has 0 aliphatic rings. The van der Waals surface area contributed by atoms with E-state index >= 15 is 0 Å². The SMILES string of the molecule is COc1ccccc1-c1c(F)ccc(F)c1-c1ccccc1OC.COc1ccccc1O[B]O.Fc1ccc(F)c(Br)c1Br.[CH3-]. The minimum Gasteiger partial charge on any atom is -0.535 e. The van der Waals surface area contributed by atoms with Gasteiger partial charge in [-0.2, -0.15) is 0 Å². The van der Waals surface area contributed by atoms with Crippen molar-refractivity contribution >= 4 is 39.5 Å². The Bertz CT molecular complexity index is 1630. The highest BCUT2D eigenvalue weighted by Gasteiger charge is 2.22. The van der Waals surface area contributed by atoms with E-state index in [4.69, 9.17) is 23.9 Å². The molecule has 0 saturated carbocycles. The number of hydrogen-bond acceptors (Lipinski definition) is 5. The second-order valence-corrected chi connectivity index (χ2v) is 10.3.